The van der Waals surface area contributed by atoms with Crippen LogP contribution < -0.4 is 5.56 Å². The summed E-state index contributed by atoms with van der Waals surface area (Å²) < 4.78 is 14.7. The van der Waals surface area contributed by atoms with Gasteiger partial charge in [0, 0.05) is 22.9 Å². The van der Waals surface area contributed by atoms with Crippen molar-refractivity contribution in [1.82, 2.24) is 14.6 Å². The fraction of sp³-hybridized carbons (Fsp3) is 0.100. The maximum absolute atomic E-state index is 13.2. The molecule has 2 aromatic carbocycles. The molecule has 0 spiro atoms. The summed E-state index contributed by atoms with van der Waals surface area (Å²) in [7, 11) is 0. The average Bonchev–Trinajstić information content (AvgIpc) is 2.93. The van der Waals surface area contributed by atoms with Crippen LogP contribution in [0.4, 0.5) is 4.39 Å². The minimum absolute atomic E-state index is 0.183. The van der Waals surface area contributed by atoms with Gasteiger partial charge >= 0.3 is 0 Å². The van der Waals surface area contributed by atoms with Gasteiger partial charge in [-0.2, -0.15) is 0 Å². The Labute approximate surface area is 143 Å². The highest BCUT2D eigenvalue weighted by molar-refractivity contribution is 5.81. The second-order valence-corrected chi connectivity index (χ2v) is 6.12. The van der Waals surface area contributed by atoms with Gasteiger partial charge in [-0.1, -0.05) is 42.0 Å². The van der Waals surface area contributed by atoms with E-state index in [9.17, 15) is 9.18 Å². The number of aryl methyl sites for hydroxylation is 2. The summed E-state index contributed by atoms with van der Waals surface area (Å²) in [5, 5.41) is 3.04. The van der Waals surface area contributed by atoms with Crippen LogP contribution in [0.3, 0.4) is 0 Å². The maximum Gasteiger partial charge on any atom is 0.273 e. The Hall–Kier alpha value is -3.21. The summed E-state index contributed by atoms with van der Waals surface area (Å²) >= 11 is 0. The molecular formula is C20H16FN3O. The molecule has 0 saturated carbocycles. The summed E-state index contributed by atoms with van der Waals surface area (Å²) in [5.41, 5.74) is 5.41. The lowest BCUT2D eigenvalue weighted by Crippen LogP contribution is -2.14. The van der Waals surface area contributed by atoms with Gasteiger partial charge < -0.3 is 0 Å². The molecule has 4 rings (SSSR count). The van der Waals surface area contributed by atoms with Crippen LogP contribution in [0.5, 0.6) is 0 Å². The van der Waals surface area contributed by atoms with Crippen LogP contribution in [0.25, 0.3) is 28.0 Å². The van der Waals surface area contributed by atoms with Gasteiger partial charge in [0.1, 0.15) is 5.82 Å². The summed E-state index contributed by atoms with van der Waals surface area (Å²) in [6, 6.07) is 15.6. The number of halogens is 1. The predicted octanol–water partition coefficient (Wildman–Crippen LogP) is 4.11. The summed E-state index contributed by atoms with van der Waals surface area (Å²) in [5.74, 6) is -0.299. The summed E-state index contributed by atoms with van der Waals surface area (Å²) in [4.78, 5) is 17.2. The van der Waals surface area contributed by atoms with Crippen molar-refractivity contribution >= 4 is 5.65 Å². The van der Waals surface area contributed by atoms with Gasteiger partial charge in [0.05, 0.1) is 5.69 Å². The lowest BCUT2D eigenvalue weighted by Gasteiger charge is -2.04. The Balaban J connectivity index is 1.98. The first-order valence-electron chi connectivity index (χ1n) is 7.98. The van der Waals surface area contributed by atoms with E-state index in [2.05, 4.69) is 5.10 Å². The normalized spacial score (nSPS) is 11.2. The second-order valence-electron chi connectivity index (χ2n) is 6.12. The Morgan fingerprint density at radius 2 is 1.60 bits per heavy atom. The van der Waals surface area contributed by atoms with Gasteiger partial charge in [0.25, 0.3) is 5.56 Å². The molecule has 0 atom stereocenters. The zero-order valence-electron chi connectivity index (χ0n) is 13.9. The topological polar surface area (TPSA) is 50.2 Å². The molecule has 25 heavy (non-hydrogen) atoms. The fourth-order valence-electron chi connectivity index (χ4n) is 2.98. The van der Waals surface area contributed by atoms with Gasteiger partial charge in [-0.3, -0.25) is 9.89 Å². The molecule has 0 unspecified atom stereocenters. The zero-order valence-corrected chi connectivity index (χ0v) is 13.9. The molecule has 0 aliphatic heterocycles. The molecule has 4 nitrogen and oxygen atoms in total. The molecule has 124 valence electrons. The van der Waals surface area contributed by atoms with Crippen molar-refractivity contribution in [2.24, 2.45) is 0 Å². The number of aromatic nitrogens is 3. The number of rotatable bonds is 2. The van der Waals surface area contributed by atoms with E-state index in [-0.39, 0.29) is 11.4 Å². The lowest BCUT2D eigenvalue weighted by molar-refractivity contribution is 0.628. The van der Waals surface area contributed by atoms with Gasteiger partial charge in [0.15, 0.2) is 5.65 Å². The van der Waals surface area contributed by atoms with E-state index in [1.807, 2.05) is 38.1 Å². The van der Waals surface area contributed by atoms with Crippen molar-refractivity contribution in [3.63, 3.8) is 0 Å². The smallest absolute Gasteiger partial charge is 0.273 e. The van der Waals surface area contributed by atoms with E-state index in [1.54, 1.807) is 12.1 Å². The molecule has 0 amide bonds. The van der Waals surface area contributed by atoms with Gasteiger partial charge in [-0.15, -0.1) is 0 Å². The monoisotopic (exact) mass is 333 g/mol. The van der Waals surface area contributed by atoms with Crippen LogP contribution in [0.2, 0.25) is 0 Å². The molecule has 2 aromatic heterocycles. The lowest BCUT2D eigenvalue weighted by atomic mass is 10.1. The molecule has 5 heteroatoms. The predicted molar refractivity (Wildman–Crippen MR) is 96.1 cm³/mol. The largest absolute Gasteiger partial charge is 0.293 e. The van der Waals surface area contributed by atoms with Crippen LogP contribution >= 0.6 is 0 Å². The average molecular weight is 333 g/mol. The highest BCUT2D eigenvalue weighted by atomic mass is 19.1. The number of fused-ring (bicyclic) bond motifs is 1. The van der Waals surface area contributed by atoms with Crippen molar-refractivity contribution in [2.45, 2.75) is 13.8 Å². The Morgan fingerprint density at radius 3 is 2.28 bits per heavy atom. The zero-order chi connectivity index (χ0) is 17.6. The van der Waals surface area contributed by atoms with Crippen molar-refractivity contribution in [3.05, 3.63) is 82.0 Å². The molecule has 0 saturated heterocycles. The second kappa shape index (κ2) is 5.70. The first-order chi connectivity index (χ1) is 12.0. The SMILES string of the molecule is Cc1ccc(-c2cc(=O)n3[nH]c(C)c(-c4ccc(F)cc4)c3n2)cc1. The van der Waals surface area contributed by atoms with Crippen LogP contribution in [0.1, 0.15) is 11.3 Å². The minimum atomic E-state index is -0.299. The van der Waals surface area contributed by atoms with E-state index in [4.69, 9.17) is 4.98 Å². The number of nitrogens with zero attached hydrogens (tertiary/aromatic N) is 2. The fourth-order valence-corrected chi connectivity index (χ4v) is 2.98. The van der Waals surface area contributed by atoms with Crippen LogP contribution in [-0.2, 0) is 0 Å². The first kappa shape index (κ1) is 15.3. The highest BCUT2D eigenvalue weighted by Gasteiger charge is 2.15. The van der Waals surface area contributed by atoms with E-state index in [1.165, 1.54) is 22.7 Å². The van der Waals surface area contributed by atoms with Crippen LogP contribution in [-0.4, -0.2) is 14.6 Å². The molecule has 4 aromatic rings. The standard InChI is InChI=1S/C20H16FN3O/c1-12-3-5-14(6-4-12)17-11-18(25)24-20(22-17)19(13(2)23-24)15-7-9-16(21)10-8-15/h3-11,23H,1-2H3. The number of hydrogen-bond donors (Lipinski definition) is 1. The Kier molecular flexibility index (Phi) is 3.50. The van der Waals surface area contributed by atoms with E-state index in [0.717, 1.165) is 27.9 Å². The third-order valence-corrected chi connectivity index (χ3v) is 4.28. The summed E-state index contributed by atoms with van der Waals surface area (Å²) in [6.45, 7) is 3.88. The van der Waals surface area contributed by atoms with Gasteiger partial charge in [-0.05, 0) is 31.5 Å². The first-order valence-corrected chi connectivity index (χ1v) is 7.98. The minimum Gasteiger partial charge on any atom is -0.293 e. The van der Waals surface area contributed by atoms with E-state index in [0.29, 0.717) is 11.3 Å². The van der Waals surface area contributed by atoms with Crippen molar-refractivity contribution in [2.75, 3.05) is 0 Å². The Bertz CT molecular complexity index is 1120. The number of aromatic amines is 1. The van der Waals surface area contributed by atoms with Gasteiger partial charge in [0.2, 0.25) is 0 Å². The van der Waals surface area contributed by atoms with Crippen molar-refractivity contribution in [3.8, 4) is 22.4 Å². The number of H-pyrrole nitrogens is 1. The third kappa shape index (κ3) is 2.63. The third-order valence-electron chi connectivity index (χ3n) is 4.28. The molecule has 1 N–H and O–H groups in total. The number of nitrogens with one attached hydrogen (secondary N) is 1. The number of hydrogen-bond acceptors (Lipinski definition) is 2. The quantitative estimate of drug-likeness (QED) is 0.600. The Morgan fingerprint density at radius 1 is 0.960 bits per heavy atom. The molecule has 0 aliphatic rings. The van der Waals surface area contributed by atoms with Gasteiger partial charge in [-0.25, -0.2) is 13.9 Å². The van der Waals surface area contributed by atoms with Crippen LogP contribution in [0.15, 0.2) is 59.4 Å². The molecule has 0 radical (unpaired) electrons. The number of benzene rings is 2. The molecule has 0 aliphatic carbocycles. The highest BCUT2D eigenvalue weighted by Crippen LogP contribution is 2.28. The molecule has 0 fully saturated rings. The molecule has 2 heterocycles. The van der Waals surface area contributed by atoms with E-state index >= 15 is 0 Å². The van der Waals surface area contributed by atoms with E-state index < -0.39 is 0 Å². The van der Waals surface area contributed by atoms with Crippen molar-refractivity contribution < 1.29 is 4.39 Å². The molecular weight excluding hydrogens is 317 g/mol. The molecule has 0 bridgehead atoms. The van der Waals surface area contributed by atoms with Crippen molar-refractivity contribution in [1.29, 1.82) is 0 Å². The maximum atomic E-state index is 13.2. The van der Waals surface area contributed by atoms with Crippen LogP contribution in [0, 0.1) is 19.7 Å². The summed E-state index contributed by atoms with van der Waals surface area (Å²) in [6.07, 6.45) is 0.